The SMILES string of the molecule is O=C(NCc1nc2ccccc2[nH]1)c1cc(F)cc(F)c1. The average Bonchev–Trinajstić information content (AvgIpc) is 2.86. The molecule has 0 aliphatic heterocycles. The van der Waals surface area contributed by atoms with Crippen LogP contribution in [0.3, 0.4) is 0 Å². The molecule has 3 aromatic rings. The molecule has 0 atom stereocenters. The summed E-state index contributed by atoms with van der Waals surface area (Å²) in [6.45, 7) is 0.144. The van der Waals surface area contributed by atoms with Crippen LogP contribution in [0.15, 0.2) is 42.5 Å². The van der Waals surface area contributed by atoms with Gasteiger partial charge >= 0.3 is 0 Å². The number of imidazole rings is 1. The normalized spacial score (nSPS) is 10.8. The predicted octanol–water partition coefficient (Wildman–Crippen LogP) is 2.77. The first kappa shape index (κ1) is 13.2. The Bertz CT molecular complexity index is 760. The molecular weight excluding hydrogens is 276 g/mol. The molecule has 106 valence electrons. The zero-order valence-electron chi connectivity index (χ0n) is 10.9. The van der Waals surface area contributed by atoms with Gasteiger partial charge in [0.15, 0.2) is 0 Å². The van der Waals surface area contributed by atoms with Crippen LogP contribution in [-0.4, -0.2) is 15.9 Å². The second kappa shape index (κ2) is 5.32. The molecule has 0 unspecified atom stereocenters. The van der Waals surface area contributed by atoms with E-state index in [4.69, 9.17) is 0 Å². The van der Waals surface area contributed by atoms with E-state index in [9.17, 15) is 13.6 Å². The maximum atomic E-state index is 13.1. The fourth-order valence-corrected chi connectivity index (χ4v) is 2.04. The number of benzene rings is 2. The van der Waals surface area contributed by atoms with Crippen LogP contribution in [0.5, 0.6) is 0 Å². The van der Waals surface area contributed by atoms with Gasteiger partial charge in [-0.2, -0.15) is 0 Å². The number of para-hydroxylation sites is 2. The van der Waals surface area contributed by atoms with Crippen LogP contribution < -0.4 is 5.32 Å². The van der Waals surface area contributed by atoms with Crippen molar-refractivity contribution in [2.75, 3.05) is 0 Å². The van der Waals surface area contributed by atoms with Gasteiger partial charge in [0.1, 0.15) is 17.5 Å². The lowest BCUT2D eigenvalue weighted by Gasteiger charge is -2.03. The van der Waals surface area contributed by atoms with Crippen LogP contribution in [0.4, 0.5) is 8.78 Å². The number of nitrogens with zero attached hydrogens (tertiary/aromatic N) is 1. The number of carbonyl (C=O) groups is 1. The maximum absolute atomic E-state index is 13.1. The van der Waals surface area contributed by atoms with Crippen molar-refractivity contribution in [3.05, 3.63) is 65.5 Å². The van der Waals surface area contributed by atoms with E-state index in [-0.39, 0.29) is 12.1 Å². The summed E-state index contributed by atoms with van der Waals surface area (Å²) in [5, 5.41) is 2.56. The Labute approximate surface area is 118 Å². The molecule has 0 spiro atoms. The number of rotatable bonds is 3. The molecule has 2 aromatic carbocycles. The molecule has 1 heterocycles. The highest BCUT2D eigenvalue weighted by Gasteiger charge is 2.10. The Morgan fingerprint density at radius 3 is 2.57 bits per heavy atom. The van der Waals surface area contributed by atoms with Crippen molar-refractivity contribution in [3.63, 3.8) is 0 Å². The molecular formula is C15H11F2N3O. The van der Waals surface area contributed by atoms with E-state index in [0.29, 0.717) is 5.82 Å². The van der Waals surface area contributed by atoms with E-state index in [1.165, 1.54) is 0 Å². The Hall–Kier alpha value is -2.76. The zero-order valence-corrected chi connectivity index (χ0v) is 10.9. The number of carbonyl (C=O) groups excluding carboxylic acids is 1. The monoisotopic (exact) mass is 287 g/mol. The lowest BCUT2D eigenvalue weighted by molar-refractivity contribution is 0.0949. The molecule has 0 bridgehead atoms. The van der Waals surface area contributed by atoms with Gasteiger partial charge < -0.3 is 10.3 Å². The third kappa shape index (κ3) is 2.89. The van der Waals surface area contributed by atoms with Gasteiger partial charge in [0.25, 0.3) is 5.91 Å². The topological polar surface area (TPSA) is 57.8 Å². The van der Waals surface area contributed by atoms with Gasteiger partial charge in [-0.05, 0) is 24.3 Å². The summed E-state index contributed by atoms with van der Waals surface area (Å²) >= 11 is 0. The minimum atomic E-state index is -0.788. The predicted molar refractivity (Wildman–Crippen MR) is 73.6 cm³/mol. The largest absolute Gasteiger partial charge is 0.345 e. The molecule has 0 aliphatic rings. The van der Waals surface area contributed by atoms with E-state index >= 15 is 0 Å². The number of nitrogens with one attached hydrogen (secondary N) is 2. The van der Waals surface area contributed by atoms with Gasteiger partial charge in [-0.15, -0.1) is 0 Å². The molecule has 21 heavy (non-hydrogen) atoms. The molecule has 0 fully saturated rings. The molecule has 4 nitrogen and oxygen atoms in total. The second-order valence-corrected chi connectivity index (χ2v) is 4.54. The van der Waals surface area contributed by atoms with Crippen LogP contribution >= 0.6 is 0 Å². The third-order valence-electron chi connectivity index (χ3n) is 2.98. The molecule has 0 saturated carbocycles. The highest BCUT2D eigenvalue weighted by Crippen LogP contribution is 2.11. The standard InChI is InChI=1S/C15H11F2N3O/c16-10-5-9(6-11(17)7-10)15(21)18-8-14-19-12-3-1-2-4-13(12)20-14/h1-7H,8H2,(H,18,21)(H,19,20). The van der Waals surface area contributed by atoms with Crippen LogP contribution in [-0.2, 0) is 6.54 Å². The summed E-state index contributed by atoms with van der Waals surface area (Å²) in [4.78, 5) is 19.2. The van der Waals surface area contributed by atoms with Gasteiger partial charge in [0.2, 0.25) is 0 Å². The Kier molecular flexibility index (Phi) is 3.35. The molecule has 0 radical (unpaired) electrons. The van der Waals surface area contributed by atoms with E-state index in [1.807, 2.05) is 24.3 Å². The van der Waals surface area contributed by atoms with E-state index < -0.39 is 17.5 Å². The molecule has 0 aliphatic carbocycles. The minimum Gasteiger partial charge on any atom is -0.345 e. The number of amides is 1. The first-order valence-corrected chi connectivity index (χ1v) is 6.30. The number of aromatic nitrogens is 2. The highest BCUT2D eigenvalue weighted by molar-refractivity contribution is 5.94. The first-order valence-electron chi connectivity index (χ1n) is 6.30. The van der Waals surface area contributed by atoms with Crippen molar-refractivity contribution in [3.8, 4) is 0 Å². The van der Waals surface area contributed by atoms with Crippen LogP contribution in [0.1, 0.15) is 16.2 Å². The second-order valence-electron chi connectivity index (χ2n) is 4.54. The van der Waals surface area contributed by atoms with Crippen molar-refractivity contribution in [2.45, 2.75) is 6.54 Å². The smallest absolute Gasteiger partial charge is 0.251 e. The highest BCUT2D eigenvalue weighted by atomic mass is 19.1. The molecule has 2 N–H and O–H groups in total. The van der Waals surface area contributed by atoms with E-state index in [0.717, 1.165) is 29.2 Å². The summed E-state index contributed by atoms with van der Waals surface area (Å²) in [5.41, 5.74) is 1.58. The van der Waals surface area contributed by atoms with Crippen molar-refractivity contribution in [2.24, 2.45) is 0 Å². The zero-order chi connectivity index (χ0) is 14.8. The summed E-state index contributed by atoms with van der Waals surface area (Å²) < 4.78 is 26.1. The van der Waals surface area contributed by atoms with Crippen molar-refractivity contribution >= 4 is 16.9 Å². The number of H-pyrrole nitrogens is 1. The van der Waals surface area contributed by atoms with Gasteiger partial charge in [-0.25, -0.2) is 13.8 Å². The molecule has 0 saturated heterocycles. The fraction of sp³-hybridized carbons (Fsp3) is 0.0667. The van der Waals surface area contributed by atoms with E-state index in [1.54, 1.807) is 0 Å². The lowest BCUT2D eigenvalue weighted by Crippen LogP contribution is -2.23. The Morgan fingerprint density at radius 1 is 1.14 bits per heavy atom. The molecule has 6 heteroatoms. The van der Waals surface area contributed by atoms with Crippen molar-refractivity contribution in [1.82, 2.24) is 15.3 Å². The van der Waals surface area contributed by atoms with Gasteiger partial charge in [-0.3, -0.25) is 4.79 Å². The minimum absolute atomic E-state index is 0.0661. The van der Waals surface area contributed by atoms with Crippen LogP contribution in [0.25, 0.3) is 11.0 Å². The fourth-order valence-electron chi connectivity index (χ4n) is 2.04. The van der Waals surface area contributed by atoms with Crippen LogP contribution in [0.2, 0.25) is 0 Å². The van der Waals surface area contributed by atoms with Gasteiger partial charge in [0, 0.05) is 11.6 Å². The number of halogens is 2. The average molecular weight is 287 g/mol. The summed E-state index contributed by atoms with van der Waals surface area (Å²) in [5.74, 6) is -1.57. The molecule has 1 amide bonds. The number of hydrogen-bond donors (Lipinski definition) is 2. The summed E-state index contributed by atoms with van der Waals surface area (Å²) in [6.07, 6.45) is 0. The summed E-state index contributed by atoms with van der Waals surface area (Å²) in [7, 11) is 0. The Balaban J connectivity index is 1.73. The summed E-state index contributed by atoms with van der Waals surface area (Å²) in [6, 6.07) is 10.1. The van der Waals surface area contributed by atoms with E-state index in [2.05, 4.69) is 15.3 Å². The molecule has 3 rings (SSSR count). The van der Waals surface area contributed by atoms with Crippen molar-refractivity contribution < 1.29 is 13.6 Å². The van der Waals surface area contributed by atoms with Gasteiger partial charge in [0.05, 0.1) is 17.6 Å². The number of hydrogen-bond acceptors (Lipinski definition) is 2. The first-order chi connectivity index (χ1) is 10.1. The van der Waals surface area contributed by atoms with Crippen molar-refractivity contribution in [1.29, 1.82) is 0 Å². The quantitative estimate of drug-likeness (QED) is 0.778. The lowest BCUT2D eigenvalue weighted by atomic mass is 10.2. The van der Waals surface area contributed by atoms with Gasteiger partial charge in [-0.1, -0.05) is 12.1 Å². The Morgan fingerprint density at radius 2 is 1.86 bits per heavy atom. The number of aromatic amines is 1. The molecule has 1 aromatic heterocycles. The maximum Gasteiger partial charge on any atom is 0.251 e. The third-order valence-corrected chi connectivity index (χ3v) is 2.98. The number of fused-ring (bicyclic) bond motifs is 1. The van der Waals surface area contributed by atoms with Crippen LogP contribution in [0, 0.1) is 11.6 Å².